The average molecular weight is 333 g/mol. The van der Waals surface area contributed by atoms with Crippen LogP contribution in [0, 0.1) is 0 Å². The van der Waals surface area contributed by atoms with Gasteiger partial charge in [0.15, 0.2) is 6.29 Å². The molecule has 1 aliphatic rings. The summed E-state index contributed by atoms with van der Waals surface area (Å²) in [6, 6.07) is 8.68. The summed E-state index contributed by atoms with van der Waals surface area (Å²) in [5.74, 6) is 0.931. The molecule has 0 N–H and O–H groups in total. The summed E-state index contributed by atoms with van der Waals surface area (Å²) >= 11 is 0. The van der Waals surface area contributed by atoms with Gasteiger partial charge in [0.2, 0.25) is 0 Å². The van der Waals surface area contributed by atoms with Crippen LogP contribution < -0.4 is 4.74 Å². The maximum atomic E-state index is 5.94. The van der Waals surface area contributed by atoms with Gasteiger partial charge in [-0.2, -0.15) is 0 Å². The van der Waals surface area contributed by atoms with Crippen molar-refractivity contribution in [3.63, 3.8) is 0 Å². The predicted octanol–water partition coefficient (Wildman–Crippen LogP) is 6.62. The standard InChI is InChI=1S/C22H36O2/c1-4-5-6-7-8-10-17-22(2,3)19-13-15-20(16-14-19)24-21-12-9-11-18-23-21/h13-16,21H,4-12,17-18H2,1-3H3. The second-order valence-corrected chi connectivity index (χ2v) is 7.84. The van der Waals surface area contributed by atoms with E-state index in [9.17, 15) is 0 Å². The first-order valence-electron chi connectivity index (χ1n) is 10.0. The Morgan fingerprint density at radius 1 is 1.00 bits per heavy atom. The lowest BCUT2D eigenvalue weighted by Crippen LogP contribution is -2.25. The Bertz CT molecular complexity index is 444. The van der Waals surface area contributed by atoms with E-state index in [2.05, 4.69) is 45.0 Å². The van der Waals surface area contributed by atoms with Gasteiger partial charge in [-0.05, 0) is 42.4 Å². The minimum absolute atomic E-state index is 0.0549. The molecular formula is C22H36O2. The maximum absolute atomic E-state index is 5.94. The van der Waals surface area contributed by atoms with Crippen LogP contribution in [0.25, 0.3) is 0 Å². The monoisotopic (exact) mass is 332 g/mol. The Morgan fingerprint density at radius 2 is 1.71 bits per heavy atom. The molecule has 1 fully saturated rings. The fourth-order valence-electron chi connectivity index (χ4n) is 3.43. The van der Waals surface area contributed by atoms with E-state index in [-0.39, 0.29) is 11.7 Å². The second-order valence-electron chi connectivity index (χ2n) is 7.84. The SMILES string of the molecule is CCCCCCCCC(C)(C)c1ccc(OC2CCCCO2)cc1. The molecule has 0 aromatic heterocycles. The molecule has 24 heavy (non-hydrogen) atoms. The highest BCUT2D eigenvalue weighted by atomic mass is 16.7. The molecule has 136 valence electrons. The van der Waals surface area contributed by atoms with Gasteiger partial charge in [-0.25, -0.2) is 0 Å². The van der Waals surface area contributed by atoms with Crippen molar-refractivity contribution in [3.8, 4) is 5.75 Å². The lowest BCUT2D eigenvalue weighted by atomic mass is 9.80. The third kappa shape index (κ3) is 6.47. The Kier molecular flexibility index (Phi) is 8.11. The smallest absolute Gasteiger partial charge is 0.199 e. The first-order chi connectivity index (χ1) is 11.6. The summed E-state index contributed by atoms with van der Waals surface area (Å²) in [4.78, 5) is 0. The number of ether oxygens (including phenoxy) is 2. The number of benzene rings is 1. The van der Waals surface area contributed by atoms with Crippen molar-refractivity contribution in [1.29, 1.82) is 0 Å². The number of unbranched alkanes of at least 4 members (excludes halogenated alkanes) is 5. The fraction of sp³-hybridized carbons (Fsp3) is 0.727. The van der Waals surface area contributed by atoms with Gasteiger partial charge < -0.3 is 9.47 Å². The summed E-state index contributed by atoms with van der Waals surface area (Å²) in [5, 5.41) is 0. The number of hydrogen-bond acceptors (Lipinski definition) is 2. The van der Waals surface area contributed by atoms with Crippen LogP contribution in [-0.2, 0) is 10.2 Å². The van der Waals surface area contributed by atoms with Gasteiger partial charge in [-0.3, -0.25) is 0 Å². The second kappa shape index (κ2) is 10.1. The molecule has 1 atom stereocenters. The normalized spacial score (nSPS) is 18.5. The molecule has 1 heterocycles. The first-order valence-corrected chi connectivity index (χ1v) is 10.0. The molecule has 0 spiro atoms. The largest absolute Gasteiger partial charge is 0.465 e. The lowest BCUT2D eigenvalue weighted by Gasteiger charge is -2.26. The van der Waals surface area contributed by atoms with Crippen LogP contribution in [0.5, 0.6) is 5.75 Å². The molecule has 0 saturated carbocycles. The fourth-order valence-corrected chi connectivity index (χ4v) is 3.43. The van der Waals surface area contributed by atoms with Crippen molar-refractivity contribution in [2.75, 3.05) is 6.61 Å². The zero-order valence-corrected chi connectivity index (χ0v) is 16.0. The van der Waals surface area contributed by atoms with E-state index in [0.29, 0.717) is 0 Å². The molecule has 0 amide bonds. The quantitative estimate of drug-likeness (QED) is 0.448. The van der Waals surface area contributed by atoms with Gasteiger partial charge in [0.05, 0.1) is 6.61 Å². The Balaban J connectivity index is 1.77. The topological polar surface area (TPSA) is 18.5 Å². The minimum atomic E-state index is -0.0549. The summed E-state index contributed by atoms with van der Waals surface area (Å²) in [6.45, 7) is 7.82. The first kappa shape index (κ1) is 19.3. The molecule has 0 radical (unpaired) electrons. The van der Waals surface area contributed by atoms with E-state index >= 15 is 0 Å². The molecule has 1 aromatic rings. The van der Waals surface area contributed by atoms with E-state index in [4.69, 9.17) is 9.47 Å². The molecule has 0 aliphatic carbocycles. The van der Waals surface area contributed by atoms with Crippen molar-refractivity contribution < 1.29 is 9.47 Å². The Labute approximate surface area is 148 Å². The van der Waals surface area contributed by atoms with Crippen LogP contribution in [0.15, 0.2) is 24.3 Å². The molecule has 2 nitrogen and oxygen atoms in total. The highest BCUT2D eigenvalue weighted by molar-refractivity contribution is 5.31. The summed E-state index contributed by atoms with van der Waals surface area (Å²) in [5.41, 5.74) is 1.65. The van der Waals surface area contributed by atoms with Crippen LogP contribution in [0.2, 0.25) is 0 Å². The van der Waals surface area contributed by atoms with Gasteiger partial charge in [-0.15, -0.1) is 0 Å². The predicted molar refractivity (Wildman–Crippen MR) is 102 cm³/mol. The highest BCUT2D eigenvalue weighted by Gasteiger charge is 2.20. The minimum Gasteiger partial charge on any atom is -0.465 e. The zero-order valence-electron chi connectivity index (χ0n) is 16.0. The lowest BCUT2D eigenvalue weighted by molar-refractivity contribution is -0.105. The number of hydrogen-bond donors (Lipinski definition) is 0. The van der Waals surface area contributed by atoms with Crippen molar-refractivity contribution in [1.82, 2.24) is 0 Å². The van der Waals surface area contributed by atoms with E-state index in [1.165, 1.54) is 56.9 Å². The van der Waals surface area contributed by atoms with E-state index in [0.717, 1.165) is 25.2 Å². The van der Waals surface area contributed by atoms with E-state index in [1.807, 2.05) is 0 Å². The Morgan fingerprint density at radius 3 is 2.38 bits per heavy atom. The number of rotatable bonds is 10. The molecule has 1 saturated heterocycles. The van der Waals surface area contributed by atoms with Gasteiger partial charge in [0.25, 0.3) is 0 Å². The van der Waals surface area contributed by atoms with Gasteiger partial charge >= 0.3 is 0 Å². The van der Waals surface area contributed by atoms with Crippen molar-refractivity contribution >= 4 is 0 Å². The van der Waals surface area contributed by atoms with Crippen LogP contribution in [0.1, 0.15) is 90.5 Å². The van der Waals surface area contributed by atoms with Gasteiger partial charge in [0, 0.05) is 6.42 Å². The van der Waals surface area contributed by atoms with E-state index in [1.54, 1.807) is 0 Å². The average Bonchev–Trinajstić information content (AvgIpc) is 2.59. The van der Waals surface area contributed by atoms with Crippen molar-refractivity contribution in [2.45, 2.75) is 96.7 Å². The summed E-state index contributed by atoms with van der Waals surface area (Å²) in [7, 11) is 0. The van der Waals surface area contributed by atoms with E-state index < -0.39 is 0 Å². The molecule has 0 bridgehead atoms. The van der Waals surface area contributed by atoms with Crippen LogP contribution in [-0.4, -0.2) is 12.9 Å². The van der Waals surface area contributed by atoms with Crippen LogP contribution in [0.4, 0.5) is 0 Å². The van der Waals surface area contributed by atoms with Gasteiger partial charge in [-0.1, -0.05) is 71.4 Å². The van der Waals surface area contributed by atoms with Crippen LogP contribution in [0.3, 0.4) is 0 Å². The third-order valence-electron chi connectivity index (χ3n) is 5.20. The molecule has 2 rings (SSSR count). The molecule has 1 aromatic carbocycles. The maximum Gasteiger partial charge on any atom is 0.199 e. The summed E-state index contributed by atoms with van der Waals surface area (Å²) < 4.78 is 11.6. The molecule has 1 unspecified atom stereocenters. The van der Waals surface area contributed by atoms with Gasteiger partial charge in [0.1, 0.15) is 5.75 Å². The van der Waals surface area contributed by atoms with Crippen molar-refractivity contribution in [3.05, 3.63) is 29.8 Å². The molecular weight excluding hydrogens is 296 g/mol. The third-order valence-corrected chi connectivity index (χ3v) is 5.20. The highest BCUT2D eigenvalue weighted by Crippen LogP contribution is 2.31. The zero-order chi connectivity index (χ0) is 17.3. The summed E-state index contributed by atoms with van der Waals surface area (Å²) in [6.07, 6.45) is 12.7. The molecule has 1 aliphatic heterocycles. The Hall–Kier alpha value is -1.02. The molecule has 2 heteroatoms. The van der Waals surface area contributed by atoms with Crippen LogP contribution >= 0.6 is 0 Å². The van der Waals surface area contributed by atoms with Crippen molar-refractivity contribution in [2.24, 2.45) is 0 Å².